The van der Waals surface area contributed by atoms with Crippen LogP contribution in [0.25, 0.3) is 94.8 Å². The fraction of sp³-hybridized carbons (Fsp3) is 0.186. The number of amides is 1. The first-order valence-corrected chi connectivity index (χ1v) is 25.0. The second-order valence-corrected chi connectivity index (χ2v) is 19.4. The molecule has 10 aromatic heterocycles. The molecule has 15 heteroatoms. The van der Waals surface area contributed by atoms with Crippen molar-refractivity contribution in [3.63, 3.8) is 0 Å². The minimum atomic E-state index is -0.0866. The second-order valence-electron chi connectivity index (χ2n) is 19.4. The number of nitrogens with one attached hydrogen (secondary N) is 3. The van der Waals surface area contributed by atoms with Gasteiger partial charge in [0.15, 0.2) is 5.82 Å². The number of aromatic nitrogens is 11. The van der Waals surface area contributed by atoms with Crippen LogP contribution in [-0.2, 0) is 4.79 Å². The summed E-state index contributed by atoms with van der Waals surface area (Å²) in [5.74, 6) is 1.77. The van der Waals surface area contributed by atoms with Gasteiger partial charge in [0.1, 0.15) is 22.7 Å². The quantitative estimate of drug-likeness (QED) is 0.112. The van der Waals surface area contributed by atoms with Gasteiger partial charge in [0.2, 0.25) is 5.91 Å². The Morgan fingerprint density at radius 1 is 0.689 bits per heavy atom. The molecule has 0 saturated heterocycles. The van der Waals surface area contributed by atoms with Gasteiger partial charge in [-0.25, -0.2) is 19.6 Å². The van der Waals surface area contributed by atoms with Crippen LogP contribution in [0.1, 0.15) is 74.0 Å². The van der Waals surface area contributed by atoms with Crippen LogP contribution in [0.3, 0.4) is 0 Å². The number of H-pyrrole nitrogens is 2. The number of hydrogen-bond donors (Lipinski definition) is 3. The van der Waals surface area contributed by atoms with E-state index in [-0.39, 0.29) is 11.9 Å². The van der Waals surface area contributed by atoms with Crippen molar-refractivity contribution in [2.45, 2.75) is 58.4 Å². The van der Waals surface area contributed by atoms with Crippen molar-refractivity contribution in [2.75, 3.05) is 12.4 Å². The number of anilines is 1. The Labute approximate surface area is 425 Å². The Bertz CT molecular complexity index is 4020. The van der Waals surface area contributed by atoms with E-state index in [2.05, 4.69) is 74.4 Å². The predicted molar refractivity (Wildman–Crippen MR) is 288 cm³/mol. The molecule has 1 amide bonds. The number of pyridine rings is 7. The van der Waals surface area contributed by atoms with Gasteiger partial charge in [-0.1, -0.05) is 25.3 Å². The molecule has 1 fully saturated rings. The molecular weight excluding hydrogens is 923 g/mol. The van der Waals surface area contributed by atoms with Crippen LogP contribution < -0.4 is 10.1 Å². The molecule has 1 saturated carbocycles. The SMILES string of the molecule is COc1cncc(-c2ccc3c(n2)c(-c2cc4c(-c5ccncc5)cncc4[nH]2)nn3-c2cc(-c3cncc4[nH]c(C5=N[C@@H](C)c6ccc(-c7cc(C)cc(NC(=O)CC8CCCCC8)c7)nc65)cc34)ccn2)c1. The maximum atomic E-state index is 13.2. The third-order valence-corrected chi connectivity index (χ3v) is 14.4. The zero-order valence-corrected chi connectivity index (χ0v) is 41.0. The van der Waals surface area contributed by atoms with Gasteiger partial charge < -0.3 is 20.0 Å². The van der Waals surface area contributed by atoms with E-state index in [4.69, 9.17) is 34.8 Å². The highest BCUT2D eigenvalue weighted by molar-refractivity contribution is 6.16. The van der Waals surface area contributed by atoms with Crippen molar-refractivity contribution >= 4 is 50.1 Å². The van der Waals surface area contributed by atoms with Crippen molar-refractivity contribution in [1.82, 2.24) is 54.6 Å². The molecule has 0 radical (unpaired) electrons. The van der Waals surface area contributed by atoms with Crippen LogP contribution in [0.4, 0.5) is 5.69 Å². The molecule has 3 N–H and O–H groups in total. The molecule has 1 atom stereocenters. The lowest BCUT2D eigenvalue weighted by atomic mass is 9.87. The topological polar surface area (TPSA) is 190 Å². The van der Waals surface area contributed by atoms with Crippen LogP contribution in [0.2, 0.25) is 0 Å². The van der Waals surface area contributed by atoms with E-state index in [0.717, 1.165) is 119 Å². The van der Waals surface area contributed by atoms with E-state index in [1.54, 1.807) is 38.1 Å². The Kier molecular flexibility index (Phi) is 11.1. The minimum absolute atomic E-state index is 0.0734. The molecule has 11 heterocycles. The Morgan fingerprint density at radius 3 is 2.23 bits per heavy atom. The Hall–Kier alpha value is -9.24. The fourth-order valence-electron chi connectivity index (χ4n) is 10.8. The summed E-state index contributed by atoms with van der Waals surface area (Å²) in [6.45, 7) is 4.15. The van der Waals surface area contributed by atoms with Crippen LogP contribution in [0.5, 0.6) is 5.75 Å². The smallest absolute Gasteiger partial charge is 0.224 e. The van der Waals surface area contributed by atoms with E-state index >= 15 is 0 Å². The largest absolute Gasteiger partial charge is 0.495 e. The van der Waals surface area contributed by atoms with Crippen molar-refractivity contribution in [2.24, 2.45) is 10.9 Å². The summed E-state index contributed by atoms with van der Waals surface area (Å²) in [7, 11) is 1.62. The van der Waals surface area contributed by atoms with E-state index in [1.807, 2.05) is 84.1 Å². The average molecular weight is 972 g/mol. The van der Waals surface area contributed by atoms with E-state index < -0.39 is 0 Å². The van der Waals surface area contributed by atoms with E-state index in [1.165, 1.54) is 19.3 Å². The molecule has 1 aromatic carbocycles. The highest BCUT2D eigenvalue weighted by Crippen LogP contribution is 2.39. The molecule has 15 nitrogen and oxygen atoms in total. The summed E-state index contributed by atoms with van der Waals surface area (Å²) in [6.07, 6.45) is 22.7. The first-order chi connectivity index (χ1) is 36.3. The molecule has 0 spiro atoms. The van der Waals surface area contributed by atoms with Gasteiger partial charge in [0.05, 0.1) is 76.8 Å². The van der Waals surface area contributed by atoms with Gasteiger partial charge >= 0.3 is 0 Å². The lowest BCUT2D eigenvalue weighted by Gasteiger charge is -2.21. The molecule has 74 heavy (non-hydrogen) atoms. The third kappa shape index (κ3) is 8.21. The number of aryl methyl sites for hydroxylation is 1. The van der Waals surface area contributed by atoms with Crippen LogP contribution >= 0.6 is 0 Å². The molecular formula is C59H49N13O2. The zero-order chi connectivity index (χ0) is 49.9. The highest BCUT2D eigenvalue weighted by Gasteiger charge is 2.28. The number of nitrogens with zero attached hydrogens (tertiary/aromatic N) is 10. The number of fused-ring (bicyclic) bond motifs is 4. The second kappa shape index (κ2) is 18.4. The highest BCUT2D eigenvalue weighted by atomic mass is 16.5. The maximum Gasteiger partial charge on any atom is 0.224 e. The molecule has 0 bridgehead atoms. The molecule has 362 valence electrons. The fourth-order valence-corrected chi connectivity index (χ4v) is 10.8. The number of carbonyl (C=O) groups is 1. The summed E-state index contributed by atoms with van der Waals surface area (Å²) >= 11 is 0. The minimum Gasteiger partial charge on any atom is -0.495 e. The summed E-state index contributed by atoms with van der Waals surface area (Å²) < 4.78 is 7.36. The third-order valence-electron chi connectivity index (χ3n) is 14.4. The standard InChI is InChI=1S/C59H49N13O2/c1-33-19-38(22-40(20-33)66-55(73)21-35-7-5-4-6-8-35)47-10-9-42-34(2)65-57(56(42)69-47)49-25-44-46(30-63-32-52(44)67-49)37-15-18-64-54(24-37)72-53-12-11-48(39-23-41(74-3)28-61-27-39)70-59(53)58(71-72)50-26-43-45(29-62-31-51(43)68-50)36-13-16-60-17-14-36/h9-20,22-32,34-35,67-68H,4-8,21H2,1-3H3,(H,66,73)/t34-/m0/s1. The van der Waals surface area contributed by atoms with Gasteiger partial charge in [0.25, 0.3) is 0 Å². The predicted octanol–water partition coefficient (Wildman–Crippen LogP) is 12.2. The number of hydrogen-bond acceptors (Lipinski definition) is 11. The number of carbonyl (C=O) groups excluding carboxylic acids is 1. The van der Waals surface area contributed by atoms with Gasteiger partial charge in [0, 0.05) is 87.9 Å². The van der Waals surface area contributed by atoms with Gasteiger partial charge in [-0.2, -0.15) is 5.10 Å². The van der Waals surface area contributed by atoms with Crippen LogP contribution in [0.15, 0.2) is 146 Å². The summed E-state index contributed by atoms with van der Waals surface area (Å²) in [5, 5.41) is 10.4. The Balaban J connectivity index is 0.855. The number of benzene rings is 1. The van der Waals surface area contributed by atoms with E-state index in [9.17, 15) is 4.79 Å². The van der Waals surface area contributed by atoms with E-state index in [0.29, 0.717) is 40.8 Å². The maximum absolute atomic E-state index is 13.2. The van der Waals surface area contributed by atoms with Gasteiger partial charge in [-0.15, -0.1) is 0 Å². The lowest BCUT2D eigenvalue weighted by molar-refractivity contribution is -0.117. The molecule has 2 aliphatic rings. The number of aromatic amines is 2. The van der Waals surface area contributed by atoms with Gasteiger partial charge in [-0.05, 0) is 128 Å². The molecule has 0 unspecified atom stereocenters. The first-order valence-electron chi connectivity index (χ1n) is 25.0. The number of aliphatic imine (C=N–C) groups is 1. The first kappa shape index (κ1) is 44.7. The zero-order valence-electron chi connectivity index (χ0n) is 41.0. The molecule has 11 aromatic rings. The normalized spacial score (nSPS) is 14.7. The molecule has 1 aliphatic carbocycles. The van der Waals surface area contributed by atoms with Gasteiger partial charge in [-0.3, -0.25) is 29.7 Å². The lowest BCUT2D eigenvalue weighted by Crippen LogP contribution is -2.18. The summed E-state index contributed by atoms with van der Waals surface area (Å²) in [6, 6.07) is 28.4. The van der Waals surface area contributed by atoms with Crippen molar-refractivity contribution < 1.29 is 9.53 Å². The Morgan fingerprint density at radius 2 is 1.42 bits per heavy atom. The van der Waals surface area contributed by atoms with Crippen LogP contribution in [-0.4, -0.2) is 73.4 Å². The summed E-state index contributed by atoms with van der Waals surface area (Å²) in [5.41, 5.74) is 17.0. The average Bonchev–Trinajstić information content (AvgIpc) is 4.25. The monoisotopic (exact) mass is 971 g/mol. The molecule has 1 aliphatic heterocycles. The number of methoxy groups -OCH3 is 1. The van der Waals surface area contributed by atoms with Crippen molar-refractivity contribution in [1.29, 1.82) is 0 Å². The number of rotatable bonds is 11. The van der Waals surface area contributed by atoms with Crippen LogP contribution in [0, 0.1) is 12.8 Å². The van der Waals surface area contributed by atoms with Crippen molar-refractivity contribution in [3.8, 4) is 67.7 Å². The number of ether oxygens (including phenoxy) is 1. The summed E-state index contributed by atoms with van der Waals surface area (Å²) in [4.78, 5) is 58.9. The molecule has 13 rings (SSSR count). The van der Waals surface area contributed by atoms with Crippen molar-refractivity contribution in [3.05, 3.63) is 163 Å².